The molecule has 2 rings (SSSR count). The van der Waals surface area contributed by atoms with Crippen LogP contribution in [0.5, 0.6) is 0 Å². The number of pyridine rings is 1. The fraction of sp³-hybridized carbons (Fsp3) is 0.125. The van der Waals surface area contributed by atoms with E-state index >= 15 is 0 Å². The first-order valence-electron chi connectivity index (χ1n) is 6.34. The third-order valence-corrected chi connectivity index (χ3v) is 2.98. The molecule has 0 radical (unpaired) electrons. The Morgan fingerprint density at radius 1 is 1.20 bits per heavy atom. The van der Waals surface area contributed by atoms with Crippen LogP contribution in [-0.4, -0.2) is 10.5 Å². The molecule has 0 aliphatic rings. The molecule has 1 amide bonds. The summed E-state index contributed by atoms with van der Waals surface area (Å²) in [6.07, 6.45) is 2.93. The zero-order valence-electron chi connectivity index (χ0n) is 11.0. The number of benzene rings is 1. The van der Waals surface area contributed by atoms with E-state index in [2.05, 4.69) is 11.9 Å². The van der Waals surface area contributed by atoms with Gasteiger partial charge in [-0.25, -0.2) is 0 Å². The van der Waals surface area contributed by atoms with Crippen LogP contribution in [0.15, 0.2) is 72.2 Å². The molecule has 1 atom stereocenters. The Morgan fingerprint density at radius 3 is 2.55 bits per heavy atom. The monoisotopic (exact) mass is 268 g/mol. The van der Waals surface area contributed by atoms with Crippen molar-refractivity contribution in [2.75, 3.05) is 0 Å². The molecule has 0 aliphatic carbocycles. The summed E-state index contributed by atoms with van der Waals surface area (Å²) < 4.78 is 1.57. The van der Waals surface area contributed by atoms with Crippen molar-refractivity contribution in [1.82, 2.24) is 9.88 Å². The molecular weight excluding hydrogens is 252 g/mol. The van der Waals surface area contributed by atoms with Crippen molar-refractivity contribution in [3.05, 3.63) is 83.3 Å². The van der Waals surface area contributed by atoms with Gasteiger partial charge in [-0.05, 0) is 17.7 Å². The summed E-state index contributed by atoms with van der Waals surface area (Å²) in [7, 11) is 0. The van der Waals surface area contributed by atoms with Crippen molar-refractivity contribution >= 4 is 5.91 Å². The maximum atomic E-state index is 11.8. The number of hydrogen-bond donors (Lipinski definition) is 1. The molecule has 1 N–H and O–H groups in total. The molecule has 4 heteroatoms. The second-order valence-corrected chi connectivity index (χ2v) is 4.37. The Bertz CT molecular complexity index is 647. The van der Waals surface area contributed by atoms with Crippen LogP contribution in [0.25, 0.3) is 0 Å². The van der Waals surface area contributed by atoms with Crippen LogP contribution < -0.4 is 10.9 Å². The van der Waals surface area contributed by atoms with Gasteiger partial charge in [-0.15, -0.1) is 0 Å². The van der Waals surface area contributed by atoms with E-state index in [1.54, 1.807) is 22.9 Å². The van der Waals surface area contributed by atoms with E-state index < -0.39 is 0 Å². The molecule has 4 nitrogen and oxygen atoms in total. The van der Waals surface area contributed by atoms with Gasteiger partial charge in [-0.3, -0.25) is 9.59 Å². The van der Waals surface area contributed by atoms with Crippen molar-refractivity contribution in [3.8, 4) is 0 Å². The average Bonchev–Trinajstić information content (AvgIpc) is 2.49. The van der Waals surface area contributed by atoms with Gasteiger partial charge in [0.2, 0.25) is 5.91 Å². The van der Waals surface area contributed by atoms with Crippen LogP contribution >= 0.6 is 0 Å². The van der Waals surface area contributed by atoms with Crippen LogP contribution in [0.2, 0.25) is 0 Å². The average molecular weight is 268 g/mol. The summed E-state index contributed by atoms with van der Waals surface area (Å²) >= 11 is 0. The number of hydrogen-bond acceptors (Lipinski definition) is 2. The molecule has 102 valence electrons. The highest BCUT2D eigenvalue weighted by atomic mass is 16.1. The standard InChI is InChI=1S/C16H16N2O2/c1-2-15(19)17-14(13-8-4-3-5-9-13)12-18-11-7-6-10-16(18)20/h2-11,14H,1,12H2,(H,17,19). The highest BCUT2D eigenvalue weighted by Crippen LogP contribution is 2.14. The van der Waals surface area contributed by atoms with Gasteiger partial charge in [0.25, 0.3) is 5.56 Å². The Labute approximate surface area is 117 Å². The maximum Gasteiger partial charge on any atom is 0.250 e. The first-order chi connectivity index (χ1) is 9.70. The Morgan fingerprint density at radius 2 is 1.90 bits per heavy atom. The molecule has 0 saturated carbocycles. The lowest BCUT2D eigenvalue weighted by molar-refractivity contribution is -0.117. The van der Waals surface area contributed by atoms with Gasteiger partial charge in [0, 0.05) is 12.3 Å². The molecule has 0 saturated heterocycles. The molecule has 1 aromatic heterocycles. The van der Waals surface area contributed by atoms with Crippen molar-refractivity contribution in [3.63, 3.8) is 0 Å². The number of nitrogens with zero attached hydrogens (tertiary/aromatic N) is 1. The number of amides is 1. The minimum absolute atomic E-state index is 0.0960. The van der Waals surface area contributed by atoms with Crippen molar-refractivity contribution in [2.24, 2.45) is 0 Å². The topological polar surface area (TPSA) is 51.1 Å². The normalized spacial score (nSPS) is 11.6. The molecule has 2 aromatic rings. The van der Waals surface area contributed by atoms with E-state index in [9.17, 15) is 9.59 Å². The fourth-order valence-corrected chi connectivity index (χ4v) is 1.96. The first kappa shape index (κ1) is 13.8. The maximum absolute atomic E-state index is 11.8. The van der Waals surface area contributed by atoms with E-state index in [-0.39, 0.29) is 17.5 Å². The molecule has 1 aromatic carbocycles. The second kappa shape index (κ2) is 6.52. The van der Waals surface area contributed by atoms with Crippen molar-refractivity contribution in [2.45, 2.75) is 12.6 Å². The fourth-order valence-electron chi connectivity index (χ4n) is 1.96. The zero-order valence-corrected chi connectivity index (χ0v) is 11.0. The van der Waals surface area contributed by atoms with E-state index in [4.69, 9.17) is 0 Å². The predicted octanol–water partition coefficient (Wildman–Crippen LogP) is 1.89. The molecule has 1 unspecified atom stereocenters. The van der Waals surface area contributed by atoms with Crippen LogP contribution in [0.1, 0.15) is 11.6 Å². The van der Waals surface area contributed by atoms with E-state index in [0.717, 1.165) is 5.56 Å². The Hall–Kier alpha value is -2.62. The molecular formula is C16H16N2O2. The van der Waals surface area contributed by atoms with E-state index in [0.29, 0.717) is 6.54 Å². The van der Waals surface area contributed by atoms with Gasteiger partial charge in [-0.1, -0.05) is 43.0 Å². The summed E-state index contributed by atoms with van der Waals surface area (Å²) in [5, 5.41) is 2.84. The third kappa shape index (κ3) is 3.45. The summed E-state index contributed by atoms with van der Waals surface area (Å²) in [4.78, 5) is 23.3. The van der Waals surface area contributed by atoms with Crippen molar-refractivity contribution < 1.29 is 4.79 Å². The molecule has 0 spiro atoms. The van der Waals surface area contributed by atoms with Gasteiger partial charge in [-0.2, -0.15) is 0 Å². The lowest BCUT2D eigenvalue weighted by Crippen LogP contribution is -2.32. The molecule has 1 heterocycles. The summed E-state index contributed by atoms with van der Waals surface area (Å²) in [6.45, 7) is 3.83. The summed E-state index contributed by atoms with van der Waals surface area (Å²) in [5.74, 6) is -0.261. The van der Waals surface area contributed by atoms with Gasteiger partial charge in [0.15, 0.2) is 0 Å². The van der Waals surface area contributed by atoms with E-state index in [1.165, 1.54) is 12.1 Å². The minimum atomic E-state index is -0.276. The highest BCUT2D eigenvalue weighted by Gasteiger charge is 2.14. The smallest absolute Gasteiger partial charge is 0.250 e. The minimum Gasteiger partial charge on any atom is -0.344 e. The van der Waals surface area contributed by atoms with Gasteiger partial charge in [0.05, 0.1) is 12.6 Å². The SMILES string of the molecule is C=CC(=O)NC(Cn1ccccc1=O)c1ccccc1. The van der Waals surface area contributed by atoms with Crippen LogP contribution in [0, 0.1) is 0 Å². The molecule has 0 aliphatic heterocycles. The van der Waals surface area contributed by atoms with Crippen LogP contribution in [-0.2, 0) is 11.3 Å². The summed E-state index contributed by atoms with van der Waals surface area (Å²) in [5.41, 5.74) is 0.847. The molecule has 0 fully saturated rings. The number of nitrogens with one attached hydrogen (secondary N) is 1. The largest absolute Gasteiger partial charge is 0.344 e. The lowest BCUT2D eigenvalue weighted by Gasteiger charge is -2.19. The molecule has 20 heavy (non-hydrogen) atoms. The van der Waals surface area contributed by atoms with Gasteiger partial charge < -0.3 is 9.88 Å². The van der Waals surface area contributed by atoms with Crippen molar-refractivity contribution in [1.29, 1.82) is 0 Å². The predicted molar refractivity (Wildman–Crippen MR) is 78.2 cm³/mol. The number of rotatable bonds is 5. The summed E-state index contributed by atoms with van der Waals surface area (Å²) in [6, 6.07) is 14.2. The number of carbonyl (C=O) groups is 1. The molecule has 0 bridgehead atoms. The number of carbonyl (C=O) groups excluding carboxylic acids is 1. The van der Waals surface area contributed by atoms with Crippen LogP contribution in [0.3, 0.4) is 0 Å². The van der Waals surface area contributed by atoms with Crippen LogP contribution in [0.4, 0.5) is 0 Å². The van der Waals surface area contributed by atoms with Gasteiger partial charge in [0.1, 0.15) is 0 Å². The number of aromatic nitrogens is 1. The quantitative estimate of drug-likeness (QED) is 0.842. The third-order valence-electron chi connectivity index (χ3n) is 2.98. The van der Waals surface area contributed by atoms with E-state index in [1.807, 2.05) is 30.3 Å². The lowest BCUT2D eigenvalue weighted by atomic mass is 10.1. The first-order valence-corrected chi connectivity index (χ1v) is 6.34. The Balaban J connectivity index is 2.28. The second-order valence-electron chi connectivity index (χ2n) is 4.37. The Kier molecular flexibility index (Phi) is 4.50. The zero-order chi connectivity index (χ0) is 14.4. The highest BCUT2D eigenvalue weighted by molar-refractivity contribution is 5.87. The van der Waals surface area contributed by atoms with Gasteiger partial charge >= 0.3 is 0 Å².